The summed E-state index contributed by atoms with van der Waals surface area (Å²) in [5.74, 6) is 0.329. The molecule has 1 atom stereocenters. The topological polar surface area (TPSA) is 61.7 Å². The lowest BCUT2D eigenvalue weighted by atomic mass is 9.71. The number of ether oxygens (including phenoxy) is 1. The predicted molar refractivity (Wildman–Crippen MR) is 97.0 cm³/mol. The second-order valence-electron chi connectivity index (χ2n) is 8.38. The Morgan fingerprint density at radius 2 is 1.86 bits per heavy atom. The van der Waals surface area contributed by atoms with E-state index in [1.165, 1.54) is 0 Å². The summed E-state index contributed by atoms with van der Waals surface area (Å²) in [6.07, 6.45) is 0.611. The van der Waals surface area contributed by atoms with Crippen molar-refractivity contribution < 1.29 is 23.0 Å². The number of rotatable bonds is 2. The van der Waals surface area contributed by atoms with Crippen molar-refractivity contribution >= 4 is 5.82 Å². The van der Waals surface area contributed by atoms with Crippen molar-refractivity contribution in [2.24, 2.45) is 5.41 Å². The van der Waals surface area contributed by atoms with Crippen molar-refractivity contribution in [1.82, 2.24) is 14.9 Å². The third kappa shape index (κ3) is 4.26. The molecule has 0 aliphatic carbocycles. The number of hydrogen-bond acceptors (Lipinski definition) is 6. The molecule has 6 nitrogen and oxygen atoms in total. The predicted octanol–water partition coefficient (Wildman–Crippen LogP) is 2.33. The van der Waals surface area contributed by atoms with Crippen LogP contribution in [0.3, 0.4) is 0 Å². The normalized spacial score (nSPS) is 27.3. The molecule has 1 aromatic heterocycles. The van der Waals surface area contributed by atoms with Gasteiger partial charge in [0.25, 0.3) is 0 Å². The molecule has 3 aliphatic rings. The van der Waals surface area contributed by atoms with Gasteiger partial charge in [0.1, 0.15) is 17.8 Å². The molecule has 0 saturated carbocycles. The van der Waals surface area contributed by atoms with Crippen molar-refractivity contribution in [3.8, 4) is 0 Å². The smallest absolute Gasteiger partial charge is 0.392 e. The number of β-amino-alcohol motifs (C(OH)–C–C–N with tert-alkyl or cyclic N) is 1. The van der Waals surface area contributed by atoms with E-state index in [1.54, 1.807) is 0 Å². The molecule has 3 aliphatic heterocycles. The Morgan fingerprint density at radius 1 is 1.14 bits per heavy atom. The molecule has 0 amide bonds. The lowest BCUT2D eigenvalue weighted by Gasteiger charge is -2.51. The zero-order chi connectivity index (χ0) is 19.8. The fourth-order valence-electron chi connectivity index (χ4n) is 4.97. The van der Waals surface area contributed by atoms with Gasteiger partial charge in [-0.25, -0.2) is 9.97 Å². The highest BCUT2D eigenvalue weighted by Gasteiger charge is 2.43. The summed E-state index contributed by atoms with van der Waals surface area (Å²) >= 11 is 0. The van der Waals surface area contributed by atoms with E-state index in [0.29, 0.717) is 31.5 Å². The number of alkyl halides is 3. The fourth-order valence-corrected chi connectivity index (χ4v) is 4.97. The van der Waals surface area contributed by atoms with Gasteiger partial charge in [0.05, 0.1) is 6.10 Å². The van der Waals surface area contributed by atoms with Crippen LogP contribution in [0.25, 0.3) is 0 Å². The maximum Gasteiger partial charge on any atom is 0.433 e. The van der Waals surface area contributed by atoms with E-state index in [0.717, 1.165) is 64.3 Å². The Labute approximate surface area is 162 Å². The molecule has 3 fully saturated rings. The van der Waals surface area contributed by atoms with E-state index in [2.05, 4.69) is 14.9 Å². The van der Waals surface area contributed by atoms with Gasteiger partial charge in [0.2, 0.25) is 0 Å². The van der Waals surface area contributed by atoms with Crippen LogP contribution in [0.1, 0.15) is 37.8 Å². The van der Waals surface area contributed by atoms with Crippen LogP contribution >= 0.6 is 0 Å². The minimum atomic E-state index is -4.47. The summed E-state index contributed by atoms with van der Waals surface area (Å²) in [5.41, 5.74) is -0.886. The molecule has 0 aromatic carbocycles. The summed E-state index contributed by atoms with van der Waals surface area (Å²) in [5, 5.41) is 10.5. The van der Waals surface area contributed by atoms with Crippen molar-refractivity contribution in [1.29, 1.82) is 0 Å². The van der Waals surface area contributed by atoms with Gasteiger partial charge in [0.15, 0.2) is 0 Å². The van der Waals surface area contributed by atoms with Gasteiger partial charge in [-0.3, -0.25) is 4.90 Å². The highest BCUT2D eigenvalue weighted by Crippen LogP contribution is 2.42. The number of piperidine rings is 2. The number of aromatic nitrogens is 2. The largest absolute Gasteiger partial charge is 0.433 e. The van der Waals surface area contributed by atoms with E-state index in [4.69, 9.17) is 4.74 Å². The Hall–Kier alpha value is -1.45. The first-order valence-corrected chi connectivity index (χ1v) is 9.99. The van der Waals surface area contributed by atoms with E-state index >= 15 is 0 Å². The Morgan fingerprint density at radius 3 is 2.54 bits per heavy atom. The van der Waals surface area contributed by atoms with Gasteiger partial charge in [-0.05, 0) is 37.5 Å². The summed E-state index contributed by atoms with van der Waals surface area (Å²) in [6.45, 7) is 4.48. The first-order chi connectivity index (χ1) is 13.3. The molecule has 9 heteroatoms. The molecule has 156 valence electrons. The minimum absolute atomic E-state index is 0.0202. The third-order valence-corrected chi connectivity index (χ3v) is 6.45. The van der Waals surface area contributed by atoms with E-state index < -0.39 is 11.9 Å². The lowest BCUT2D eigenvalue weighted by molar-refractivity contribution is -0.141. The van der Waals surface area contributed by atoms with Gasteiger partial charge in [0, 0.05) is 51.5 Å². The molecular weight excluding hydrogens is 373 g/mol. The number of aliphatic hydroxyl groups excluding tert-OH is 1. The summed E-state index contributed by atoms with van der Waals surface area (Å²) in [6, 6.07) is 1.48. The molecule has 0 radical (unpaired) electrons. The molecule has 1 N–H and O–H groups in total. The van der Waals surface area contributed by atoms with Crippen LogP contribution in [-0.2, 0) is 10.9 Å². The first kappa shape index (κ1) is 19.8. The number of halogens is 3. The van der Waals surface area contributed by atoms with Crippen LogP contribution in [0.15, 0.2) is 12.4 Å². The van der Waals surface area contributed by atoms with Crippen molar-refractivity contribution in [2.75, 3.05) is 44.3 Å². The van der Waals surface area contributed by atoms with Crippen LogP contribution in [0.2, 0.25) is 0 Å². The second-order valence-corrected chi connectivity index (χ2v) is 8.38. The second kappa shape index (κ2) is 7.76. The van der Waals surface area contributed by atoms with Gasteiger partial charge in [-0.2, -0.15) is 13.2 Å². The average Bonchev–Trinajstić information content (AvgIpc) is 2.68. The number of anilines is 1. The standard InChI is InChI=1S/C19H27F3N4O2/c20-19(21,22)16-9-17(24-13-23-16)25-5-3-18(4-6-25)10-15(27)11-26(12-18)14-1-7-28-8-2-14/h9,13-15,27H,1-8,10-12H2. The van der Waals surface area contributed by atoms with Crippen LogP contribution < -0.4 is 4.90 Å². The molecule has 0 bridgehead atoms. The Bertz CT molecular complexity index is 673. The number of hydrogen-bond donors (Lipinski definition) is 1. The van der Waals surface area contributed by atoms with Crippen molar-refractivity contribution in [2.45, 2.75) is 50.4 Å². The van der Waals surface area contributed by atoms with Crippen LogP contribution in [-0.4, -0.2) is 71.5 Å². The molecule has 4 heterocycles. The highest BCUT2D eigenvalue weighted by molar-refractivity contribution is 5.40. The molecular formula is C19H27F3N4O2. The summed E-state index contributed by atoms with van der Waals surface area (Å²) < 4.78 is 44.3. The first-order valence-electron chi connectivity index (χ1n) is 9.99. The van der Waals surface area contributed by atoms with E-state index in [-0.39, 0.29) is 11.5 Å². The molecule has 1 unspecified atom stereocenters. The zero-order valence-corrected chi connectivity index (χ0v) is 15.9. The van der Waals surface area contributed by atoms with E-state index in [9.17, 15) is 18.3 Å². The average molecular weight is 400 g/mol. The van der Waals surface area contributed by atoms with Crippen LogP contribution in [0.5, 0.6) is 0 Å². The van der Waals surface area contributed by atoms with Gasteiger partial charge < -0.3 is 14.7 Å². The highest BCUT2D eigenvalue weighted by atomic mass is 19.4. The van der Waals surface area contributed by atoms with Crippen molar-refractivity contribution in [3.63, 3.8) is 0 Å². The van der Waals surface area contributed by atoms with E-state index in [1.807, 2.05) is 4.90 Å². The molecule has 1 aromatic rings. The lowest BCUT2D eigenvalue weighted by Crippen LogP contribution is -2.57. The molecule has 1 spiro atoms. The summed E-state index contributed by atoms with van der Waals surface area (Å²) in [4.78, 5) is 11.7. The van der Waals surface area contributed by atoms with Crippen molar-refractivity contribution in [3.05, 3.63) is 18.1 Å². The summed E-state index contributed by atoms with van der Waals surface area (Å²) in [7, 11) is 0. The zero-order valence-electron chi connectivity index (χ0n) is 15.9. The number of nitrogens with zero attached hydrogens (tertiary/aromatic N) is 4. The van der Waals surface area contributed by atoms with Crippen LogP contribution in [0.4, 0.5) is 19.0 Å². The SMILES string of the molecule is OC1CN(C2CCOCC2)CC2(CCN(c3cc(C(F)(F)F)ncn3)CC2)C1. The van der Waals surface area contributed by atoms with Gasteiger partial charge in [-0.15, -0.1) is 0 Å². The Kier molecular flexibility index (Phi) is 5.50. The maximum absolute atomic E-state index is 12.9. The molecule has 3 saturated heterocycles. The fraction of sp³-hybridized carbons (Fsp3) is 0.789. The van der Waals surface area contributed by atoms with Crippen LogP contribution in [0, 0.1) is 5.41 Å². The minimum Gasteiger partial charge on any atom is -0.392 e. The van der Waals surface area contributed by atoms with Gasteiger partial charge in [-0.1, -0.05) is 0 Å². The third-order valence-electron chi connectivity index (χ3n) is 6.45. The van der Waals surface area contributed by atoms with Gasteiger partial charge >= 0.3 is 6.18 Å². The molecule has 28 heavy (non-hydrogen) atoms. The monoisotopic (exact) mass is 400 g/mol. The quantitative estimate of drug-likeness (QED) is 0.822. The molecule has 4 rings (SSSR count). The maximum atomic E-state index is 12.9. The number of likely N-dealkylation sites (tertiary alicyclic amines) is 1. The number of aliphatic hydroxyl groups is 1. The Balaban J connectivity index is 1.42.